The highest BCUT2D eigenvalue weighted by molar-refractivity contribution is 6.18. The van der Waals surface area contributed by atoms with E-state index < -0.39 is 0 Å². The van der Waals surface area contributed by atoms with E-state index in [4.69, 9.17) is 28.9 Å². The smallest absolute Gasteiger partial charge is 0.205 e. The van der Waals surface area contributed by atoms with Crippen LogP contribution in [0.25, 0.3) is 11.2 Å². The number of nitrogens with one attached hydrogen (secondary N) is 1. The van der Waals surface area contributed by atoms with Gasteiger partial charge in [-0.2, -0.15) is 4.98 Å². The fourth-order valence-corrected chi connectivity index (χ4v) is 1.92. The van der Waals surface area contributed by atoms with E-state index in [2.05, 4.69) is 19.9 Å². The highest BCUT2D eigenvalue weighted by Gasteiger charge is 2.12. The van der Waals surface area contributed by atoms with Gasteiger partial charge in [-0.05, 0) is 0 Å². The normalized spacial score (nSPS) is 10.9. The lowest BCUT2D eigenvalue weighted by molar-refractivity contribution is 0.841. The molecule has 0 atom stereocenters. The highest BCUT2D eigenvalue weighted by atomic mass is 35.5. The van der Waals surface area contributed by atoms with Gasteiger partial charge in [0.05, 0.1) is 0 Å². The second-order valence-electron chi connectivity index (χ2n) is 3.38. The fraction of sp³-hybridized carbons (Fsp3) is 0.444. The first-order valence-corrected chi connectivity index (χ1v) is 6.16. The molecule has 0 saturated carbocycles. The number of hydrogen-bond donors (Lipinski definition) is 2. The summed E-state index contributed by atoms with van der Waals surface area (Å²) in [6.07, 6.45) is 1.38. The van der Waals surface area contributed by atoms with Crippen molar-refractivity contribution in [2.45, 2.75) is 0 Å². The average molecular weight is 275 g/mol. The number of nitrogens with two attached hydrogens (primary N) is 1. The second kappa shape index (κ2) is 5.37. The lowest BCUT2D eigenvalue weighted by Gasteiger charge is -2.18. The first-order chi connectivity index (χ1) is 8.26. The summed E-state index contributed by atoms with van der Waals surface area (Å²) >= 11 is 11.5. The number of imidazole rings is 1. The van der Waals surface area contributed by atoms with Crippen molar-refractivity contribution in [3.8, 4) is 0 Å². The minimum Gasteiger partial charge on any atom is -0.382 e. The van der Waals surface area contributed by atoms with E-state index in [1.807, 2.05) is 4.90 Å². The number of hydrogen-bond acceptors (Lipinski definition) is 5. The zero-order chi connectivity index (χ0) is 12.3. The Bertz CT molecular complexity index is 493. The molecule has 17 heavy (non-hydrogen) atoms. The van der Waals surface area contributed by atoms with Gasteiger partial charge in [-0.25, -0.2) is 9.97 Å². The molecule has 8 heteroatoms. The molecule has 3 N–H and O–H groups in total. The third kappa shape index (κ3) is 2.53. The molecule has 0 fully saturated rings. The maximum Gasteiger partial charge on any atom is 0.205 e. The molecule has 2 aromatic rings. The Kier molecular flexibility index (Phi) is 3.86. The van der Waals surface area contributed by atoms with Gasteiger partial charge in [0.2, 0.25) is 5.95 Å². The van der Waals surface area contributed by atoms with E-state index in [0.29, 0.717) is 47.8 Å². The Morgan fingerprint density at radius 3 is 2.53 bits per heavy atom. The zero-order valence-corrected chi connectivity index (χ0v) is 10.5. The van der Waals surface area contributed by atoms with Crippen molar-refractivity contribution >= 4 is 46.1 Å². The molecule has 0 amide bonds. The zero-order valence-electron chi connectivity index (χ0n) is 9.03. The van der Waals surface area contributed by atoms with Crippen LogP contribution in [0.3, 0.4) is 0 Å². The molecule has 0 spiro atoms. The van der Waals surface area contributed by atoms with Gasteiger partial charge in [0, 0.05) is 24.8 Å². The van der Waals surface area contributed by atoms with E-state index in [-0.39, 0.29) is 0 Å². The number of rotatable bonds is 5. The minimum absolute atomic E-state index is 0.380. The lowest BCUT2D eigenvalue weighted by Crippen LogP contribution is -2.28. The van der Waals surface area contributed by atoms with Gasteiger partial charge in [-0.1, -0.05) is 0 Å². The summed E-state index contributed by atoms with van der Waals surface area (Å²) in [6.45, 7) is 1.31. The van der Waals surface area contributed by atoms with E-state index in [1.54, 1.807) is 0 Å². The predicted molar refractivity (Wildman–Crippen MR) is 69.7 cm³/mol. The maximum atomic E-state index is 5.73. The summed E-state index contributed by atoms with van der Waals surface area (Å²) in [6, 6.07) is 0. The van der Waals surface area contributed by atoms with Gasteiger partial charge in [-0.15, -0.1) is 23.2 Å². The summed E-state index contributed by atoms with van der Waals surface area (Å²) in [5, 5.41) is 0. The van der Waals surface area contributed by atoms with Crippen LogP contribution in [0, 0.1) is 0 Å². The molecule has 0 saturated heterocycles. The van der Waals surface area contributed by atoms with E-state index in [0.717, 1.165) is 0 Å². The fourth-order valence-electron chi connectivity index (χ4n) is 1.51. The molecular weight excluding hydrogens is 263 g/mol. The lowest BCUT2D eigenvalue weighted by atomic mass is 10.5. The Labute approximate surface area is 108 Å². The number of halogens is 2. The summed E-state index contributed by atoms with van der Waals surface area (Å²) in [5.41, 5.74) is 6.90. The van der Waals surface area contributed by atoms with Crippen LogP contribution in [0.5, 0.6) is 0 Å². The number of nitrogens with zero attached hydrogens (tertiary/aromatic N) is 4. The van der Waals surface area contributed by atoms with Crippen molar-refractivity contribution in [3.63, 3.8) is 0 Å². The standard InChI is InChI=1S/C9H12Cl2N6/c10-1-3-17(4-2-11)9-15-6-7(12)13-5-14-8(6)16-9/h5H,1-4H2,(H3,12,13,14,15,16). The molecule has 0 radical (unpaired) electrons. The van der Waals surface area contributed by atoms with Crippen molar-refractivity contribution < 1.29 is 0 Å². The molecule has 0 aromatic carbocycles. The van der Waals surface area contributed by atoms with Crippen molar-refractivity contribution in [2.75, 3.05) is 35.5 Å². The SMILES string of the molecule is Nc1ncnc2nc(N(CCCl)CCCl)[nH]c12. The largest absolute Gasteiger partial charge is 0.382 e. The van der Waals surface area contributed by atoms with E-state index in [9.17, 15) is 0 Å². The summed E-state index contributed by atoms with van der Waals surface area (Å²) < 4.78 is 0. The van der Waals surface area contributed by atoms with Crippen LogP contribution in [0.2, 0.25) is 0 Å². The Morgan fingerprint density at radius 2 is 1.94 bits per heavy atom. The number of anilines is 2. The first kappa shape index (κ1) is 12.2. The molecule has 0 aliphatic rings. The molecule has 0 bridgehead atoms. The van der Waals surface area contributed by atoms with Crippen LogP contribution in [0.15, 0.2) is 6.33 Å². The quantitative estimate of drug-likeness (QED) is 0.801. The topological polar surface area (TPSA) is 83.7 Å². The molecule has 0 aliphatic carbocycles. The van der Waals surface area contributed by atoms with Crippen LogP contribution >= 0.6 is 23.2 Å². The maximum absolute atomic E-state index is 5.73. The second-order valence-corrected chi connectivity index (χ2v) is 4.14. The number of alkyl halides is 2. The van der Waals surface area contributed by atoms with Crippen LogP contribution < -0.4 is 10.6 Å². The van der Waals surface area contributed by atoms with Gasteiger partial charge < -0.3 is 15.6 Å². The predicted octanol–water partition coefficient (Wildman–Crippen LogP) is 1.22. The van der Waals surface area contributed by atoms with Crippen molar-refractivity contribution in [1.29, 1.82) is 0 Å². The Hall–Kier alpha value is -1.27. The van der Waals surface area contributed by atoms with Crippen molar-refractivity contribution in [3.05, 3.63) is 6.33 Å². The van der Waals surface area contributed by atoms with Crippen LogP contribution in [-0.4, -0.2) is 44.8 Å². The van der Waals surface area contributed by atoms with Gasteiger partial charge in [0.25, 0.3) is 0 Å². The van der Waals surface area contributed by atoms with Gasteiger partial charge >= 0.3 is 0 Å². The number of nitrogen functional groups attached to an aromatic ring is 1. The Morgan fingerprint density at radius 1 is 1.24 bits per heavy atom. The number of H-pyrrole nitrogens is 1. The van der Waals surface area contributed by atoms with Crippen LogP contribution in [0.1, 0.15) is 0 Å². The Balaban J connectivity index is 2.36. The van der Waals surface area contributed by atoms with Gasteiger partial charge in [0.15, 0.2) is 11.5 Å². The molecule has 0 aliphatic heterocycles. The minimum atomic E-state index is 0.380. The van der Waals surface area contributed by atoms with Crippen LogP contribution in [-0.2, 0) is 0 Å². The van der Waals surface area contributed by atoms with Crippen LogP contribution in [0.4, 0.5) is 11.8 Å². The molecule has 6 nitrogen and oxygen atoms in total. The van der Waals surface area contributed by atoms with Gasteiger partial charge in [-0.3, -0.25) is 0 Å². The molecule has 92 valence electrons. The molecule has 2 heterocycles. The third-order valence-electron chi connectivity index (χ3n) is 2.31. The molecule has 2 rings (SSSR count). The monoisotopic (exact) mass is 274 g/mol. The molecule has 2 aromatic heterocycles. The summed E-state index contributed by atoms with van der Waals surface area (Å²) in [4.78, 5) is 17.3. The summed E-state index contributed by atoms with van der Waals surface area (Å²) in [7, 11) is 0. The number of fused-ring (bicyclic) bond motifs is 1. The number of aromatic nitrogens is 4. The third-order valence-corrected chi connectivity index (χ3v) is 2.65. The van der Waals surface area contributed by atoms with E-state index >= 15 is 0 Å². The van der Waals surface area contributed by atoms with Gasteiger partial charge in [0.1, 0.15) is 11.8 Å². The molecular formula is C9H12Cl2N6. The molecule has 0 unspecified atom stereocenters. The first-order valence-electron chi connectivity index (χ1n) is 5.09. The average Bonchev–Trinajstić information content (AvgIpc) is 2.74. The number of aromatic amines is 1. The summed E-state index contributed by atoms with van der Waals surface area (Å²) in [5.74, 6) is 2.03. The van der Waals surface area contributed by atoms with Crippen molar-refractivity contribution in [1.82, 2.24) is 19.9 Å². The highest BCUT2D eigenvalue weighted by Crippen LogP contribution is 2.18. The van der Waals surface area contributed by atoms with E-state index in [1.165, 1.54) is 6.33 Å². The van der Waals surface area contributed by atoms with Crippen molar-refractivity contribution in [2.24, 2.45) is 0 Å².